The molecule has 1 amide bonds. The summed E-state index contributed by atoms with van der Waals surface area (Å²) in [7, 11) is 3.98. The van der Waals surface area contributed by atoms with Gasteiger partial charge in [-0.3, -0.25) is 14.3 Å². The quantitative estimate of drug-likeness (QED) is 0.315. The fraction of sp³-hybridized carbons (Fsp3) is 0.538. The van der Waals surface area contributed by atoms with Crippen molar-refractivity contribution in [1.82, 2.24) is 11.5 Å². The summed E-state index contributed by atoms with van der Waals surface area (Å²) >= 11 is 0. The first kappa shape index (κ1) is 26.9. The van der Waals surface area contributed by atoms with E-state index < -0.39 is 0 Å². The Bertz CT molecular complexity index is 332. The van der Waals surface area contributed by atoms with E-state index in [4.69, 9.17) is 0 Å². The lowest BCUT2D eigenvalue weighted by Gasteiger charge is -2.28. The Kier molecular flexibility index (Phi) is 16.7. The molecule has 0 atom stereocenters. The third kappa shape index (κ3) is 12.8. The number of ketones is 1. The third-order valence-corrected chi connectivity index (χ3v) is 2.42. The number of likely N-dealkylation sites (N-methyl/N-ethyl adjacent to an activating group) is 1. The van der Waals surface area contributed by atoms with Crippen LogP contribution in [0.3, 0.4) is 0 Å². The molecule has 120 valence electrons. The van der Waals surface area contributed by atoms with Gasteiger partial charge >= 0.3 is 0 Å². The minimum atomic E-state index is -0.113. The molecule has 0 unspecified atom stereocenters. The summed E-state index contributed by atoms with van der Waals surface area (Å²) in [5, 5.41) is 2.77. The van der Waals surface area contributed by atoms with Gasteiger partial charge in [-0.05, 0) is 13.0 Å². The van der Waals surface area contributed by atoms with Crippen LogP contribution in [0.2, 0.25) is 0 Å². The first-order chi connectivity index (χ1) is 7.78. The summed E-state index contributed by atoms with van der Waals surface area (Å²) in [4.78, 5) is 22.5. The fourth-order valence-corrected chi connectivity index (χ4v) is 1.43. The number of nitrogens with one attached hydrogen (secondary N) is 1. The van der Waals surface area contributed by atoms with Crippen molar-refractivity contribution in [2.75, 3.05) is 33.7 Å². The van der Waals surface area contributed by atoms with Crippen LogP contribution in [0, 0.1) is 0 Å². The number of quaternary nitrogens is 1. The summed E-state index contributed by atoms with van der Waals surface area (Å²) in [5.41, 5.74) is 0.514. The highest BCUT2D eigenvalue weighted by molar-refractivity contribution is 5.92. The Morgan fingerprint density at radius 2 is 1.80 bits per heavy atom. The molecular formula is C13H27F2N3O2. The molecule has 0 bridgehead atoms. The zero-order chi connectivity index (χ0) is 13.5. The predicted molar refractivity (Wildman–Crippen MR) is 77.0 cm³/mol. The van der Waals surface area contributed by atoms with E-state index in [0.29, 0.717) is 23.1 Å². The molecule has 0 saturated carbocycles. The Labute approximate surface area is 119 Å². The molecule has 0 aliphatic heterocycles. The highest BCUT2D eigenvalue weighted by atomic mass is 19.0. The number of rotatable bonds is 8. The molecular weight excluding hydrogens is 268 g/mol. The Hall–Kier alpha value is -1.60. The summed E-state index contributed by atoms with van der Waals surface area (Å²) in [5.74, 6) is -0.0709. The van der Waals surface area contributed by atoms with Crippen LogP contribution < -0.4 is 16.2 Å². The monoisotopic (exact) mass is 295 g/mol. The SMILES string of the molecule is C=CC(=O)C[N+](C)(C)CCCNC(=O)C(=C)C.F.N.[F-]. The van der Waals surface area contributed by atoms with Gasteiger partial charge < -0.3 is 20.7 Å². The fourth-order valence-electron chi connectivity index (χ4n) is 1.43. The molecule has 0 rings (SSSR count). The Morgan fingerprint density at radius 1 is 1.30 bits per heavy atom. The summed E-state index contributed by atoms with van der Waals surface area (Å²) < 4.78 is 0.605. The summed E-state index contributed by atoms with van der Waals surface area (Å²) in [6, 6.07) is 0. The molecule has 0 heterocycles. The van der Waals surface area contributed by atoms with Crippen molar-refractivity contribution >= 4 is 11.7 Å². The number of hydrogen-bond acceptors (Lipinski definition) is 3. The first-order valence-corrected chi connectivity index (χ1v) is 5.69. The summed E-state index contributed by atoms with van der Waals surface area (Å²) in [6.07, 6.45) is 2.18. The molecule has 4 N–H and O–H groups in total. The lowest BCUT2D eigenvalue weighted by molar-refractivity contribution is -0.882. The number of amides is 1. The molecule has 0 aromatic heterocycles. The van der Waals surface area contributed by atoms with Crippen LogP contribution in [0.15, 0.2) is 24.8 Å². The van der Waals surface area contributed by atoms with Gasteiger partial charge in [0.15, 0.2) is 0 Å². The standard InChI is InChI=1S/C13H22N2O2.2FH.H3N/c1-6-12(16)10-15(4,5)9-7-8-14-13(17)11(2)3;;;/h6H,1-2,7-10H2,3-5H3;2*1H;1H3. The highest BCUT2D eigenvalue weighted by Crippen LogP contribution is 1.99. The van der Waals surface area contributed by atoms with Crippen molar-refractivity contribution in [1.29, 1.82) is 0 Å². The van der Waals surface area contributed by atoms with Crippen LogP contribution in [0.4, 0.5) is 4.70 Å². The van der Waals surface area contributed by atoms with Gasteiger partial charge in [-0.25, -0.2) is 0 Å². The normalized spacial score (nSPS) is 9.15. The molecule has 0 saturated heterocycles. The number of halogens is 2. The largest absolute Gasteiger partial charge is 1.00 e. The molecule has 0 spiro atoms. The van der Waals surface area contributed by atoms with Crippen molar-refractivity contribution < 1.29 is 23.5 Å². The smallest absolute Gasteiger partial charge is 0.246 e. The van der Waals surface area contributed by atoms with E-state index in [0.717, 1.165) is 13.0 Å². The Balaban J connectivity index is -0.000000427. The van der Waals surface area contributed by atoms with Gasteiger partial charge in [-0.2, -0.15) is 0 Å². The lowest BCUT2D eigenvalue weighted by Crippen LogP contribution is -3.00. The third-order valence-electron chi connectivity index (χ3n) is 2.42. The zero-order valence-corrected chi connectivity index (χ0v) is 12.6. The van der Waals surface area contributed by atoms with E-state index in [1.807, 2.05) is 14.1 Å². The second-order valence-electron chi connectivity index (χ2n) is 4.88. The zero-order valence-electron chi connectivity index (χ0n) is 12.6. The van der Waals surface area contributed by atoms with Crippen LogP contribution in [0.25, 0.3) is 0 Å². The van der Waals surface area contributed by atoms with Crippen molar-refractivity contribution in [3.63, 3.8) is 0 Å². The van der Waals surface area contributed by atoms with E-state index in [1.54, 1.807) is 6.92 Å². The van der Waals surface area contributed by atoms with Crippen molar-refractivity contribution in [3.8, 4) is 0 Å². The molecule has 0 aromatic carbocycles. The molecule has 0 aliphatic carbocycles. The second-order valence-corrected chi connectivity index (χ2v) is 4.88. The predicted octanol–water partition coefficient (Wildman–Crippen LogP) is -1.78. The Morgan fingerprint density at radius 3 is 2.20 bits per heavy atom. The number of nitrogens with zero attached hydrogens (tertiary/aromatic N) is 1. The highest BCUT2D eigenvalue weighted by Gasteiger charge is 2.17. The van der Waals surface area contributed by atoms with E-state index >= 15 is 0 Å². The van der Waals surface area contributed by atoms with E-state index in [2.05, 4.69) is 18.5 Å². The van der Waals surface area contributed by atoms with Crippen LogP contribution >= 0.6 is 0 Å². The van der Waals surface area contributed by atoms with Crippen LogP contribution in [0.1, 0.15) is 13.3 Å². The average molecular weight is 295 g/mol. The van der Waals surface area contributed by atoms with Gasteiger partial charge in [0.2, 0.25) is 11.7 Å². The molecule has 20 heavy (non-hydrogen) atoms. The van der Waals surface area contributed by atoms with Crippen molar-refractivity contribution in [2.24, 2.45) is 0 Å². The first-order valence-electron chi connectivity index (χ1n) is 5.69. The lowest BCUT2D eigenvalue weighted by atomic mass is 10.2. The van der Waals surface area contributed by atoms with Gasteiger partial charge in [0, 0.05) is 18.5 Å². The minimum Gasteiger partial charge on any atom is -1.00 e. The van der Waals surface area contributed by atoms with Gasteiger partial charge in [0.05, 0.1) is 20.6 Å². The average Bonchev–Trinajstić information content (AvgIpc) is 2.23. The van der Waals surface area contributed by atoms with Crippen LogP contribution in [-0.4, -0.2) is 49.9 Å². The molecule has 0 aliphatic rings. The maximum absolute atomic E-state index is 11.2. The maximum atomic E-state index is 11.2. The molecule has 0 fully saturated rings. The number of carbonyl (C=O) groups is 2. The van der Waals surface area contributed by atoms with E-state index in [-0.39, 0.29) is 27.2 Å². The van der Waals surface area contributed by atoms with Gasteiger partial charge in [0.25, 0.3) is 0 Å². The van der Waals surface area contributed by atoms with Gasteiger partial charge in [-0.1, -0.05) is 13.2 Å². The van der Waals surface area contributed by atoms with Crippen LogP contribution in [-0.2, 0) is 9.59 Å². The van der Waals surface area contributed by atoms with Crippen molar-refractivity contribution in [2.45, 2.75) is 13.3 Å². The topological polar surface area (TPSA) is 81.2 Å². The molecule has 0 radical (unpaired) electrons. The number of carbonyl (C=O) groups excluding carboxylic acids is 2. The van der Waals surface area contributed by atoms with Gasteiger partial charge in [0.1, 0.15) is 6.54 Å². The number of hydrogen-bond donors (Lipinski definition) is 2. The minimum absolute atomic E-state index is 0. The van der Waals surface area contributed by atoms with E-state index in [9.17, 15) is 9.59 Å². The maximum Gasteiger partial charge on any atom is 0.246 e. The molecule has 7 heteroatoms. The second kappa shape index (κ2) is 12.4. The summed E-state index contributed by atoms with van der Waals surface area (Å²) in [6.45, 7) is 10.6. The van der Waals surface area contributed by atoms with Crippen molar-refractivity contribution in [3.05, 3.63) is 24.8 Å². The molecule has 0 aromatic rings. The van der Waals surface area contributed by atoms with Gasteiger partial charge in [-0.15, -0.1) is 0 Å². The van der Waals surface area contributed by atoms with Crippen LogP contribution in [0.5, 0.6) is 0 Å². The molecule has 5 nitrogen and oxygen atoms in total. The van der Waals surface area contributed by atoms with E-state index in [1.165, 1.54) is 6.08 Å².